The fraction of sp³-hybridized carbons (Fsp3) is 0.250. The number of nitrogens with two attached hydrogens (primary N) is 1. The number of anilines is 1. The molecule has 0 saturated carbocycles. The first-order valence-corrected chi connectivity index (χ1v) is 5.55. The van der Waals surface area contributed by atoms with E-state index in [1.54, 1.807) is 24.3 Å². The molecule has 1 aromatic rings. The van der Waals surface area contributed by atoms with Gasteiger partial charge in [0.05, 0.1) is 5.75 Å². The third kappa shape index (κ3) is 3.43. The van der Waals surface area contributed by atoms with Crippen molar-refractivity contribution in [2.45, 2.75) is 0 Å². The molecule has 0 spiro atoms. The Morgan fingerprint density at radius 1 is 1.23 bits per heavy atom. The van der Waals surface area contributed by atoms with E-state index in [2.05, 4.69) is 4.72 Å². The molecule has 5 heteroatoms. The van der Waals surface area contributed by atoms with Crippen molar-refractivity contribution in [3.05, 3.63) is 30.3 Å². The van der Waals surface area contributed by atoms with Crippen LogP contribution in [-0.4, -0.2) is 20.7 Å². The lowest BCUT2D eigenvalue weighted by atomic mass is 10.3. The van der Waals surface area contributed by atoms with Gasteiger partial charge in [-0.3, -0.25) is 4.72 Å². The van der Waals surface area contributed by atoms with Gasteiger partial charge in [-0.2, -0.15) is 0 Å². The summed E-state index contributed by atoms with van der Waals surface area (Å²) >= 11 is 0. The molecule has 13 heavy (non-hydrogen) atoms. The predicted octanol–water partition coefficient (Wildman–Crippen LogP) is 0.387. The van der Waals surface area contributed by atoms with Gasteiger partial charge in [0.2, 0.25) is 10.0 Å². The second-order valence-electron chi connectivity index (χ2n) is 2.58. The number of para-hydroxylation sites is 1. The minimum Gasteiger partial charge on any atom is -0.329 e. The zero-order valence-electron chi connectivity index (χ0n) is 7.10. The minimum absolute atomic E-state index is 0.0537. The van der Waals surface area contributed by atoms with E-state index >= 15 is 0 Å². The van der Waals surface area contributed by atoms with Gasteiger partial charge >= 0.3 is 0 Å². The summed E-state index contributed by atoms with van der Waals surface area (Å²) in [5, 5.41) is 0. The van der Waals surface area contributed by atoms with Crippen LogP contribution in [0.3, 0.4) is 0 Å². The van der Waals surface area contributed by atoms with Crippen molar-refractivity contribution in [1.29, 1.82) is 0 Å². The highest BCUT2D eigenvalue weighted by molar-refractivity contribution is 7.92. The van der Waals surface area contributed by atoms with E-state index in [4.69, 9.17) is 5.73 Å². The van der Waals surface area contributed by atoms with E-state index in [0.717, 1.165) is 0 Å². The van der Waals surface area contributed by atoms with E-state index in [0.29, 0.717) is 5.69 Å². The normalized spacial score (nSPS) is 11.2. The van der Waals surface area contributed by atoms with E-state index in [-0.39, 0.29) is 12.3 Å². The Balaban J connectivity index is 2.70. The smallest absolute Gasteiger partial charge is 0.233 e. The van der Waals surface area contributed by atoms with Crippen molar-refractivity contribution in [3.63, 3.8) is 0 Å². The Hall–Kier alpha value is -1.07. The first-order valence-electron chi connectivity index (χ1n) is 3.90. The Morgan fingerprint density at radius 2 is 1.85 bits per heavy atom. The SMILES string of the molecule is NCCS(=O)(=O)Nc1ccccc1. The molecule has 0 atom stereocenters. The number of hydrogen-bond donors (Lipinski definition) is 2. The highest BCUT2D eigenvalue weighted by Gasteiger charge is 2.07. The third-order valence-electron chi connectivity index (χ3n) is 1.43. The zero-order chi connectivity index (χ0) is 9.73. The molecule has 0 aliphatic carbocycles. The first-order chi connectivity index (χ1) is 6.14. The first kappa shape index (κ1) is 10.0. The van der Waals surface area contributed by atoms with Crippen LogP contribution in [0.1, 0.15) is 0 Å². The minimum atomic E-state index is -3.26. The summed E-state index contributed by atoms with van der Waals surface area (Å²) in [6.45, 7) is 0.127. The number of benzene rings is 1. The highest BCUT2D eigenvalue weighted by Crippen LogP contribution is 2.07. The molecule has 0 aliphatic rings. The highest BCUT2D eigenvalue weighted by atomic mass is 32.2. The van der Waals surface area contributed by atoms with Gasteiger partial charge in [-0.05, 0) is 12.1 Å². The quantitative estimate of drug-likeness (QED) is 0.738. The number of rotatable bonds is 4. The molecule has 0 fully saturated rings. The molecular weight excluding hydrogens is 188 g/mol. The largest absolute Gasteiger partial charge is 0.329 e. The Kier molecular flexibility index (Phi) is 3.27. The van der Waals surface area contributed by atoms with Crippen LogP contribution in [0.15, 0.2) is 30.3 Å². The summed E-state index contributed by atoms with van der Waals surface area (Å²) in [4.78, 5) is 0. The van der Waals surface area contributed by atoms with Crippen molar-refractivity contribution >= 4 is 15.7 Å². The summed E-state index contributed by atoms with van der Waals surface area (Å²) in [6, 6.07) is 8.73. The van der Waals surface area contributed by atoms with Crippen LogP contribution < -0.4 is 10.5 Å². The van der Waals surface area contributed by atoms with Crippen LogP contribution in [0.2, 0.25) is 0 Å². The van der Waals surface area contributed by atoms with Gasteiger partial charge in [0.15, 0.2) is 0 Å². The maximum atomic E-state index is 11.2. The maximum Gasteiger partial charge on any atom is 0.233 e. The van der Waals surface area contributed by atoms with Gasteiger partial charge in [-0.15, -0.1) is 0 Å². The van der Waals surface area contributed by atoms with Crippen molar-refractivity contribution in [3.8, 4) is 0 Å². The molecule has 0 bridgehead atoms. The topological polar surface area (TPSA) is 72.2 Å². The molecule has 0 aromatic heterocycles. The zero-order valence-corrected chi connectivity index (χ0v) is 7.92. The molecule has 72 valence electrons. The van der Waals surface area contributed by atoms with Gasteiger partial charge < -0.3 is 5.73 Å². The summed E-state index contributed by atoms with van der Waals surface area (Å²) in [6.07, 6.45) is 0. The lowest BCUT2D eigenvalue weighted by Gasteiger charge is -2.05. The summed E-state index contributed by atoms with van der Waals surface area (Å²) in [5.74, 6) is -0.0537. The van der Waals surface area contributed by atoms with Crippen LogP contribution in [0.25, 0.3) is 0 Å². The molecule has 0 unspecified atom stereocenters. The second kappa shape index (κ2) is 4.25. The molecule has 1 aromatic carbocycles. The van der Waals surface area contributed by atoms with Crippen LogP contribution in [-0.2, 0) is 10.0 Å². The van der Waals surface area contributed by atoms with Crippen LogP contribution >= 0.6 is 0 Å². The summed E-state index contributed by atoms with van der Waals surface area (Å²) in [7, 11) is -3.26. The molecule has 1 rings (SSSR count). The van der Waals surface area contributed by atoms with Crippen molar-refractivity contribution < 1.29 is 8.42 Å². The van der Waals surface area contributed by atoms with E-state index < -0.39 is 10.0 Å². The third-order valence-corrected chi connectivity index (χ3v) is 2.75. The number of hydrogen-bond acceptors (Lipinski definition) is 3. The maximum absolute atomic E-state index is 11.2. The van der Waals surface area contributed by atoms with Gasteiger partial charge in [0.25, 0.3) is 0 Å². The van der Waals surface area contributed by atoms with Gasteiger partial charge in [-0.1, -0.05) is 18.2 Å². The molecule has 4 nitrogen and oxygen atoms in total. The molecule has 0 saturated heterocycles. The fourth-order valence-corrected chi connectivity index (χ4v) is 1.80. The van der Waals surface area contributed by atoms with E-state index in [9.17, 15) is 8.42 Å². The van der Waals surface area contributed by atoms with Crippen LogP contribution in [0.4, 0.5) is 5.69 Å². The average Bonchev–Trinajstić information content (AvgIpc) is 2.04. The average molecular weight is 200 g/mol. The standard InChI is InChI=1S/C8H12N2O2S/c9-6-7-13(11,12)10-8-4-2-1-3-5-8/h1-5,10H,6-7,9H2. The summed E-state index contributed by atoms with van der Waals surface area (Å²) < 4.78 is 24.8. The molecule has 0 aliphatic heterocycles. The van der Waals surface area contributed by atoms with Gasteiger partial charge in [0, 0.05) is 12.2 Å². The van der Waals surface area contributed by atoms with Crippen molar-refractivity contribution in [2.24, 2.45) is 5.73 Å². The molecule has 0 amide bonds. The summed E-state index contributed by atoms with van der Waals surface area (Å²) in [5.41, 5.74) is 5.71. The van der Waals surface area contributed by atoms with Crippen molar-refractivity contribution in [2.75, 3.05) is 17.0 Å². The lowest BCUT2D eigenvalue weighted by Crippen LogP contribution is -2.22. The molecular formula is C8H12N2O2S. The van der Waals surface area contributed by atoms with Gasteiger partial charge in [0.1, 0.15) is 0 Å². The number of nitrogens with one attached hydrogen (secondary N) is 1. The van der Waals surface area contributed by atoms with Gasteiger partial charge in [-0.25, -0.2) is 8.42 Å². The molecule has 0 heterocycles. The number of sulfonamides is 1. The second-order valence-corrected chi connectivity index (χ2v) is 4.42. The predicted molar refractivity (Wildman–Crippen MR) is 52.9 cm³/mol. The van der Waals surface area contributed by atoms with E-state index in [1.807, 2.05) is 6.07 Å². The van der Waals surface area contributed by atoms with Crippen LogP contribution in [0, 0.1) is 0 Å². The van der Waals surface area contributed by atoms with Crippen molar-refractivity contribution in [1.82, 2.24) is 0 Å². The molecule has 0 radical (unpaired) electrons. The fourth-order valence-electron chi connectivity index (χ4n) is 0.892. The Morgan fingerprint density at radius 3 is 2.38 bits per heavy atom. The van der Waals surface area contributed by atoms with Crippen LogP contribution in [0.5, 0.6) is 0 Å². The Labute approximate surface area is 77.8 Å². The lowest BCUT2D eigenvalue weighted by molar-refractivity contribution is 0.601. The Bertz CT molecular complexity index is 348. The van der Waals surface area contributed by atoms with E-state index in [1.165, 1.54) is 0 Å². The molecule has 3 N–H and O–H groups in total. The monoisotopic (exact) mass is 200 g/mol.